The van der Waals surface area contributed by atoms with E-state index in [9.17, 15) is 24.2 Å². The number of hydrogen-bond acceptors (Lipinski definition) is 5. The van der Waals surface area contributed by atoms with Gasteiger partial charge >= 0.3 is 0 Å². The molecule has 8 heteroatoms. The molecule has 4 N–H and O–H groups in total. The van der Waals surface area contributed by atoms with Crippen LogP contribution in [0.25, 0.3) is 0 Å². The van der Waals surface area contributed by atoms with E-state index < -0.39 is 18.3 Å². The molecule has 1 atom stereocenters. The Hall–Kier alpha value is -2.68. The van der Waals surface area contributed by atoms with Crippen LogP contribution in [-0.4, -0.2) is 26.9 Å². The number of aliphatic hydroxyl groups excluding tert-OH is 2. The zero-order chi connectivity index (χ0) is 20.4. The van der Waals surface area contributed by atoms with E-state index in [0.717, 1.165) is 0 Å². The summed E-state index contributed by atoms with van der Waals surface area (Å²) >= 11 is 5.38. The Kier molecular flexibility index (Phi) is 5.83. The van der Waals surface area contributed by atoms with Crippen LogP contribution in [0.3, 0.4) is 0 Å². The monoisotopic (exact) mass is 402 g/mol. The van der Waals surface area contributed by atoms with Gasteiger partial charge in [-0.2, -0.15) is 0 Å². The molecular weight excluding hydrogens is 383 g/mol. The number of ketones is 1. The minimum Gasteiger partial charge on any atom is -0.392 e. The zero-order valence-corrected chi connectivity index (χ0v) is 15.9. The number of carbonyl (C=O) groups is 2. The van der Waals surface area contributed by atoms with Crippen molar-refractivity contribution in [3.05, 3.63) is 58.4 Å². The lowest BCUT2D eigenvalue weighted by Gasteiger charge is -2.16. The van der Waals surface area contributed by atoms with Gasteiger partial charge in [0.25, 0.3) is 0 Å². The van der Waals surface area contributed by atoms with Crippen LogP contribution in [0.1, 0.15) is 34.0 Å². The number of carbonyl (C=O) groups excluding carboxylic acids is 2. The first kappa shape index (κ1) is 20.1. The number of hydrogen-bond donors (Lipinski definition) is 4. The normalized spacial score (nSPS) is 15.3. The molecule has 0 heterocycles. The summed E-state index contributed by atoms with van der Waals surface area (Å²) in [6, 6.07) is 7.27. The molecule has 146 valence electrons. The zero-order valence-electron chi connectivity index (χ0n) is 15.1. The first-order valence-corrected chi connectivity index (χ1v) is 9.04. The highest BCUT2D eigenvalue weighted by Crippen LogP contribution is 2.38. The van der Waals surface area contributed by atoms with Crippen molar-refractivity contribution < 1.29 is 24.2 Å². The SMILES string of the molecule is CC(=O)Nc1c(CO)c(CO)cc2c1CC(C(=S)Nc1cccc(F)c1)C2=O. The van der Waals surface area contributed by atoms with Gasteiger partial charge in [0.05, 0.1) is 29.8 Å². The molecular formula is C20H19FN2O4S. The molecule has 0 aliphatic heterocycles. The summed E-state index contributed by atoms with van der Waals surface area (Å²) in [6.07, 6.45) is 0.226. The number of benzene rings is 2. The lowest BCUT2D eigenvalue weighted by Crippen LogP contribution is -2.25. The molecule has 2 aromatic carbocycles. The second kappa shape index (κ2) is 8.14. The molecule has 1 amide bonds. The summed E-state index contributed by atoms with van der Waals surface area (Å²) in [5, 5.41) is 24.9. The van der Waals surface area contributed by atoms with E-state index in [1.807, 2.05) is 0 Å². The van der Waals surface area contributed by atoms with E-state index >= 15 is 0 Å². The summed E-state index contributed by atoms with van der Waals surface area (Å²) in [6.45, 7) is 0.535. The summed E-state index contributed by atoms with van der Waals surface area (Å²) in [5.74, 6) is -1.73. The molecule has 0 bridgehead atoms. The highest BCUT2D eigenvalue weighted by Gasteiger charge is 2.37. The molecule has 6 nitrogen and oxygen atoms in total. The van der Waals surface area contributed by atoms with Crippen molar-refractivity contribution in [2.75, 3.05) is 10.6 Å². The lowest BCUT2D eigenvalue weighted by atomic mass is 9.97. The topological polar surface area (TPSA) is 98.7 Å². The molecule has 3 rings (SSSR count). The van der Waals surface area contributed by atoms with Crippen molar-refractivity contribution in [2.24, 2.45) is 5.92 Å². The largest absolute Gasteiger partial charge is 0.392 e. The van der Waals surface area contributed by atoms with E-state index in [-0.39, 0.29) is 29.7 Å². The molecule has 0 saturated heterocycles. The number of amides is 1. The molecule has 2 aromatic rings. The van der Waals surface area contributed by atoms with Gasteiger partial charge in [-0.1, -0.05) is 18.3 Å². The highest BCUT2D eigenvalue weighted by atomic mass is 32.1. The Labute approximate surface area is 166 Å². The third-order valence-corrected chi connectivity index (χ3v) is 5.05. The first-order valence-electron chi connectivity index (χ1n) is 8.63. The number of aliphatic hydroxyl groups is 2. The van der Waals surface area contributed by atoms with Crippen LogP contribution >= 0.6 is 12.2 Å². The Bertz CT molecular complexity index is 977. The van der Waals surface area contributed by atoms with E-state index in [1.54, 1.807) is 6.07 Å². The van der Waals surface area contributed by atoms with E-state index in [2.05, 4.69) is 10.6 Å². The van der Waals surface area contributed by atoms with Crippen LogP contribution in [0.5, 0.6) is 0 Å². The van der Waals surface area contributed by atoms with E-state index in [1.165, 1.54) is 31.2 Å². The molecule has 0 radical (unpaired) electrons. The fourth-order valence-corrected chi connectivity index (χ4v) is 3.71. The molecule has 28 heavy (non-hydrogen) atoms. The van der Waals surface area contributed by atoms with Crippen molar-refractivity contribution in [3.63, 3.8) is 0 Å². The van der Waals surface area contributed by atoms with Crippen molar-refractivity contribution in [2.45, 2.75) is 26.6 Å². The van der Waals surface area contributed by atoms with Crippen molar-refractivity contribution >= 4 is 40.3 Å². The summed E-state index contributed by atoms with van der Waals surface area (Å²) in [5.41, 5.74) is 2.41. The fraction of sp³-hybridized carbons (Fsp3) is 0.250. The summed E-state index contributed by atoms with van der Waals surface area (Å²) in [7, 11) is 0. The van der Waals surface area contributed by atoms with Crippen LogP contribution in [0.15, 0.2) is 30.3 Å². The fourth-order valence-electron chi connectivity index (χ4n) is 3.40. The second-order valence-electron chi connectivity index (χ2n) is 6.53. The average molecular weight is 402 g/mol. The predicted molar refractivity (Wildman–Crippen MR) is 107 cm³/mol. The van der Waals surface area contributed by atoms with Crippen LogP contribution in [0.2, 0.25) is 0 Å². The van der Waals surface area contributed by atoms with Gasteiger partial charge in [0.15, 0.2) is 5.78 Å². The minimum atomic E-state index is -0.693. The number of anilines is 2. The van der Waals surface area contributed by atoms with Crippen LogP contribution in [-0.2, 0) is 24.4 Å². The smallest absolute Gasteiger partial charge is 0.221 e. The number of thiocarbonyl (C=S) groups is 1. The van der Waals surface area contributed by atoms with Gasteiger partial charge in [-0.25, -0.2) is 4.39 Å². The van der Waals surface area contributed by atoms with Crippen LogP contribution in [0, 0.1) is 11.7 Å². The number of Topliss-reactive ketones (excluding diaryl/α,β-unsaturated/α-hetero) is 1. The Balaban J connectivity index is 1.97. The molecule has 1 aliphatic carbocycles. The molecule has 1 unspecified atom stereocenters. The van der Waals surface area contributed by atoms with Gasteiger partial charge < -0.3 is 20.8 Å². The molecule has 1 aliphatic rings. The standard InChI is InChI=1S/C20H19FN2O4S/c1-10(26)22-18-14-7-16(20(28)23-13-4-2-3-12(21)6-13)19(27)15(14)5-11(8-24)17(18)9-25/h2-6,16,24-25H,7-9H2,1H3,(H,22,26)(H,23,28). The van der Waals surface area contributed by atoms with Crippen LogP contribution in [0.4, 0.5) is 15.8 Å². The van der Waals surface area contributed by atoms with E-state index in [0.29, 0.717) is 33.6 Å². The number of nitrogens with one attached hydrogen (secondary N) is 2. The lowest BCUT2D eigenvalue weighted by molar-refractivity contribution is -0.114. The quantitative estimate of drug-likeness (QED) is 0.574. The predicted octanol–water partition coefficient (Wildman–Crippen LogP) is 2.56. The Morgan fingerprint density at radius 1 is 1.25 bits per heavy atom. The molecule has 0 spiro atoms. The Morgan fingerprint density at radius 3 is 2.61 bits per heavy atom. The molecule has 0 aromatic heterocycles. The van der Waals surface area contributed by atoms with Gasteiger partial charge in [-0.3, -0.25) is 9.59 Å². The maximum atomic E-state index is 13.4. The van der Waals surface area contributed by atoms with Crippen molar-refractivity contribution in [3.8, 4) is 0 Å². The summed E-state index contributed by atoms with van der Waals surface area (Å²) in [4.78, 5) is 24.8. The maximum absolute atomic E-state index is 13.4. The first-order chi connectivity index (χ1) is 13.3. The maximum Gasteiger partial charge on any atom is 0.221 e. The molecule has 0 fully saturated rings. The van der Waals surface area contributed by atoms with E-state index in [4.69, 9.17) is 12.2 Å². The van der Waals surface area contributed by atoms with Crippen molar-refractivity contribution in [1.29, 1.82) is 0 Å². The van der Waals surface area contributed by atoms with Gasteiger partial charge in [0, 0.05) is 23.7 Å². The molecule has 0 saturated carbocycles. The Morgan fingerprint density at radius 2 is 2.00 bits per heavy atom. The number of halogens is 1. The van der Waals surface area contributed by atoms with Gasteiger partial charge in [0.1, 0.15) is 5.82 Å². The number of fused-ring (bicyclic) bond motifs is 1. The second-order valence-corrected chi connectivity index (χ2v) is 6.97. The van der Waals surface area contributed by atoms with Gasteiger partial charge in [-0.05, 0) is 41.8 Å². The highest BCUT2D eigenvalue weighted by molar-refractivity contribution is 7.80. The minimum absolute atomic E-state index is 0.226. The number of rotatable bonds is 5. The van der Waals surface area contributed by atoms with Gasteiger partial charge in [0.2, 0.25) is 5.91 Å². The third kappa shape index (κ3) is 3.80. The van der Waals surface area contributed by atoms with Crippen molar-refractivity contribution in [1.82, 2.24) is 0 Å². The average Bonchev–Trinajstić information content (AvgIpc) is 2.98. The third-order valence-electron chi connectivity index (χ3n) is 4.66. The van der Waals surface area contributed by atoms with Crippen LogP contribution < -0.4 is 10.6 Å². The van der Waals surface area contributed by atoms with Gasteiger partial charge in [-0.15, -0.1) is 0 Å². The summed E-state index contributed by atoms with van der Waals surface area (Å²) < 4.78 is 13.4.